The van der Waals surface area contributed by atoms with E-state index in [4.69, 9.17) is 5.14 Å². The standard InChI is InChI=1S/C4H11NOS.C2H6.H2/c1-4(2,3)7(5)6;1-2;/h5H2,1-3H3;1-2H3;1H/t7-;;/m0../s1. The predicted molar refractivity (Wildman–Crippen MR) is 45.5 cm³/mol. The van der Waals surface area contributed by atoms with Gasteiger partial charge < -0.3 is 0 Å². The summed E-state index contributed by atoms with van der Waals surface area (Å²) >= 11 is 0. The molecular weight excluding hydrogens is 134 g/mol. The van der Waals surface area contributed by atoms with Gasteiger partial charge in [-0.05, 0) is 20.8 Å². The molecule has 0 bridgehead atoms. The first-order chi connectivity index (χ1) is 3.94. The average molecular weight is 153 g/mol. The van der Waals surface area contributed by atoms with Crippen LogP contribution in [0.1, 0.15) is 36.0 Å². The van der Waals surface area contributed by atoms with Gasteiger partial charge in [-0.25, -0.2) is 4.21 Å². The van der Waals surface area contributed by atoms with Crippen LogP contribution in [0.5, 0.6) is 0 Å². The Bertz CT molecular complexity index is 90.2. The minimum Gasteiger partial charge on any atom is -0.251 e. The van der Waals surface area contributed by atoms with Crippen LogP contribution in [0.15, 0.2) is 0 Å². The highest BCUT2D eigenvalue weighted by molar-refractivity contribution is 7.84. The molecule has 0 radical (unpaired) electrons. The zero-order valence-corrected chi connectivity index (χ0v) is 7.71. The minimum absolute atomic E-state index is 0. The summed E-state index contributed by atoms with van der Waals surface area (Å²) in [4.78, 5) is 0. The smallest absolute Gasteiger partial charge is 0.0942 e. The molecule has 1 atom stereocenters. The van der Waals surface area contributed by atoms with Crippen LogP contribution >= 0.6 is 0 Å². The second kappa shape index (κ2) is 4.94. The molecule has 0 spiro atoms. The quantitative estimate of drug-likeness (QED) is 0.565. The molecule has 2 nitrogen and oxygen atoms in total. The van der Waals surface area contributed by atoms with Crippen LogP contribution in [0.2, 0.25) is 0 Å². The highest BCUT2D eigenvalue weighted by atomic mass is 32.2. The van der Waals surface area contributed by atoms with Gasteiger partial charge in [0.05, 0.1) is 15.7 Å². The topological polar surface area (TPSA) is 43.1 Å². The summed E-state index contributed by atoms with van der Waals surface area (Å²) in [7, 11) is -1.18. The molecule has 0 aliphatic heterocycles. The molecule has 0 saturated heterocycles. The third kappa shape index (κ3) is 8.11. The highest BCUT2D eigenvalue weighted by Crippen LogP contribution is 2.04. The van der Waals surface area contributed by atoms with Crippen LogP contribution in [0.3, 0.4) is 0 Å². The van der Waals surface area contributed by atoms with E-state index in [1.54, 1.807) is 0 Å². The molecule has 0 aromatic rings. The third-order valence-corrected chi connectivity index (χ3v) is 1.81. The van der Waals surface area contributed by atoms with Gasteiger partial charge in [-0.3, -0.25) is 5.14 Å². The van der Waals surface area contributed by atoms with E-state index in [1.807, 2.05) is 34.6 Å². The number of hydrogen-bond acceptors (Lipinski definition) is 1. The Labute approximate surface area is 61.9 Å². The molecule has 0 heterocycles. The van der Waals surface area contributed by atoms with Gasteiger partial charge in [-0.2, -0.15) is 0 Å². The molecule has 0 aliphatic carbocycles. The maximum atomic E-state index is 10.4. The Kier molecular flexibility index (Phi) is 6.51. The SMILES string of the molecule is CC.CC(C)(C)[S@@](N)=O.[HH]. The Morgan fingerprint density at radius 2 is 1.44 bits per heavy atom. The summed E-state index contributed by atoms with van der Waals surface area (Å²) < 4.78 is 10.1. The van der Waals surface area contributed by atoms with Crippen LogP contribution in [0, 0.1) is 0 Å². The van der Waals surface area contributed by atoms with Crippen molar-refractivity contribution in [1.82, 2.24) is 0 Å². The molecule has 2 N–H and O–H groups in total. The fraction of sp³-hybridized carbons (Fsp3) is 1.00. The van der Waals surface area contributed by atoms with E-state index in [2.05, 4.69) is 0 Å². The van der Waals surface area contributed by atoms with Crippen molar-refractivity contribution < 1.29 is 5.64 Å². The third-order valence-electron chi connectivity index (χ3n) is 0.604. The van der Waals surface area contributed by atoms with E-state index in [1.165, 1.54) is 0 Å². The number of rotatable bonds is 0. The van der Waals surface area contributed by atoms with Gasteiger partial charge in [-0.15, -0.1) is 0 Å². The van der Waals surface area contributed by atoms with Crippen molar-refractivity contribution in [3.05, 3.63) is 0 Å². The molecule has 0 aromatic carbocycles. The van der Waals surface area contributed by atoms with Crippen LogP contribution in [0.25, 0.3) is 0 Å². The fourth-order valence-corrected chi connectivity index (χ4v) is 0. The van der Waals surface area contributed by atoms with E-state index < -0.39 is 11.0 Å². The highest BCUT2D eigenvalue weighted by Gasteiger charge is 2.14. The number of hydrogen-bond donors (Lipinski definition) is 1. The van der Waals surface area contributed by atoms with Crippen LogP contribution in [-0.4, -0.2) is 8.96 Å². The van der Waals surface area contributed by atoms with Crippen LogP contribution in [0.4, 0.5) is 0 Å². The molecule has 60 valence electrons. The Balaban J connectivity index is -0.000000149. The van der Waals surface area contributed by atoms with E-state index in [0.29, 0.717) is 0 Å². The van der Waals surface area contributed by atoms with Gasteiger partial charge in [0.15, 0.2) is 0 Å². The first kappa shape index (κ1) is 11.9. The second-order valence-corrected chi connectivity index (χ2v) is 4.23. The van der Waals surface area contributed by atoms with Crippen LogP contribution < -0.4 is 5.14 Å². The maximum Gasteiger partial charge on any atom is 0.0942 e. The molecule has 0 unspecified atom stereocenters. The van der Waals surface area contributed by atoms with E-state index in [-0.39, 0.29) is 6.17 Å². The van der Waals surface area contributed by atoms with Crippen molar-refractivity contribution in [3.8, 4) is 0 Å². The van der Waals surface area contributed by atoms with Gasteiger partial charge in [-0.1, -0.05) is 13.8 Å². The van der Waals surface area contributed by atoms with Gasteiger partial charge in [0.25, 0.3) is 0 Å². The van der Waals surface area contributed by atoms with Crippen molar-refractivity contribution >= 4 is 11.0 Å². The summed E-state index contributed by atoms with van der Waals surface area (Å²) in [6, 6.07) is 0. The Morgan fingerprint density at radius 3 is 1.44 bits per heavy atom. The lowest BCUT2D eigenvalue weighted by Crippen LogP contribution is -2.27. The average Bonchev–Trinajstić information content (AvgIpc) is 1.69. The van der Waals surface area contributed by atoms with E-state index in [0.717, 1.165) is 0 Å². The summed E-state index contributed by atoms with van der Waals surface area (Å²) in [6.45, 7) is 9.51. The van der Waals surface area contributed by atoms with Gasteiger partial charge in [0.1, 0.15) is 0 Å². The normalized spacial score (nSPS) is 13.6. The zero-order chi connectivity index (χ0) is 8.08. The summed E-state index contributed by atoms with van der Waals surface area (Å²) in [6.07, 6.45) is 0. The van der Waals surface area contributed by atoms with E-state index in [9.17, 15) is 4.21 Å². The van der Waals surface area contributed by atoms with Gasteiger partial charge in [0, 0.05) is 1.43 Å². The lowest BCUT2D eigenvalue weighted by molar-refractivity contribution is 0.650. The summed E-state index contributed by atoms with van der Waals surface area (Å²) in [5, 5.41) is 5.04. The summed E-state index contributed by atoms with van der Waals surface area (Å²) in [5.41, 5.74) is 0. The lowest BCUT2D eigenvalue weighted by atomic mass is 10.3. The number of nitrogens with two attached hydrogens (primary N) is 1. The molecule has 0 aromatic heterocycles. The lowest BCUT2D eigenvalue weighted by Gasteiger charge is -2.11. The monoisotopic (exact) mass is 153 g/mol. The van der Waals surface area contributed by atoms with Crippen LogP contribution in [-0.2, 0) is 11.0 Å². The Morgan fingerprint density at radius 1 is 1.33 bits per heavy atom. The zero-order valence-electron chi connectivity index (χ0n) is 6.89. The van der Waals surface area contributed by atoms with Gasteiger partial charge >= 0.3 is 0 Å². The Hall–Kier alpha value is 0.110. The van der Waals surface area contributed by atoms with Gasteiger partial charge in [0.2, 0.25) is 0 Å². The maximum absolute atomic E-state index is 10.4. The first-order valence-corrected chi connectivity index (χ1v) is 4.32. The van der Waals surface area contributed by atoms with Crippen molar-refractivity contribution in [1.29, 1.82) is 0 Å². The van der Waals surface area contributed by atoms with Crippen molar-refractivity contribution in [3.63, 3.8) is 0 Å². The second-order valence-electron chi connectivity index (χ2n) is 2.41. The fourth-order valence-electron chi connectivity index (χ4n) is 0. The molecule has 0 rings (SSSR count). The largest absolute Gasteiger partial charge is 0.251 e. The van der Waals surface area contributed by atoms with E-state index >= 15 is 0 Å². The molecule has 9 heavy (non-hydrogen) atoms. The van der Waals surface area contributed by atoms with Crippen molar-refractivity contribution in [2.45, 2.75) is 39.4 Å². The predicted octanol–water partition coefficient (Wildman–Crippen LogP) is 1.68. The molecular formula is C6H19NOS. The molecule has 0 saturated carbocycles. The molecule has 0 amide bonds. The molecule has 3 heteroatoms. The summed E-state index contributed by atoms with van der Waals surface area (Å²) in [5.74, 6) is 0. The van der Waals surface area contributed by atoms with Crippen molar-refractivity contribution in [2.75, 3.05) is 0 Å². The van der Waals surface area contributed by atoms with Crippen molar-refractivity contribution in [2.24, 2.45) is 5.14 Å². The molecule has 0 aliphatic rings. The molecule has 0 fully saturated rings. The first-order valence-electron chi connectivity index (χ1n) is 3.11. The minimum atomic E-state index is -1.18.